The number of piperidine rings is 1. The number of benzene rings is 1. The maximum absolute atomic E-state index is 11.5. The lowest BCUT2D eigenvalue weighted by molar-refractivity contribution is -0.120. The highest BCUT2D eigenvalue weighted by Gasteiger charge is 2.32. The summed E-state index contributed by atoms with van der Waals surface area (Å²) in [6, 6.07) is 7.80. The van der Waals surface area contributed by atoms with E-state index in [0.29, 0.717) is 5.02 Å². The number of fused-ring (bicyclic) bond motifs is 1. The first-order chi connectivity index (χ1) is 13.0. The van der Waals surface area contributed by atoms with E-state index in [2.05, 4.69) is 32.1 Å². The molecule has 0 bridgehead atoms. The van der Waals surface area contributed by atoms with Crippen LogP contribution in [0.3, 0.4) is 0 Å². The van der Waals surface area contributed by atoms with Crippen LogP contribution in [0, 0.1) is 0 Å². The molecule has 1 aliphatic heterocycles. The van der Waals surface area contributed by atoms with Gasteiger partial charge in [0, 0.05) is 42.3 Å². The molecule has 6 nitrogen and oxygen atoms in total. The molecule has 0 spiro atoms. The predicted octanol–water partition coefficient (Wildman–Crippen LogP) is 3.77. The fourth-order valence-corrected chi connectivity index (χ4v) is 4.02. The van der Waals surface area contributed by atoms with E-state index in [1.54, 1.807) is 13.3 Å². The van der Waals surface area contributed by atoms with E-state index in [9.17, 15) is 4.79 Å². The van der Waals surface area contributed by atoms with Crippen molar-refractivity contribution in [3.8, 4) is 11.1 Å². The van der Waals surface area contributed by atoms with Gasteiger partial charge in [0.25, 0.3) is 0 Å². The maximum atomic E-state index is 11.5. The minimum atomic E-state index is -0.164. The summed E-state index contributed by atoms with van der Waals surface area (Å²) in [5, 5.41) is 4.79. The van der Waals surface area contributed by atoms with Crippen LogP contribution >= 0.6 is 11.6 Å². The van der Waals surface area contributed by atoms with Gasteiger partial charge < -0.3 is 15.2 Å². The number of carbonyl (C=O) groups excluding carboxylic acids is 1. The second-order valence-electron chi connectivity index (χ2n) is 7.36. The van der Waals surface area contributed by atoms with Crippen molar-refractivity contribution < 1.29 is 4.79 Å². The zero-order valence-electron chi connectivity index (χ0n) is 15.4. The van der Waals surface area contributed by atoms with Gasteiger partial charge in [0.15, 0.2) is 0 Å². The molecule has 1 amide bonds. The van der Waals surface area contributed by atoms with Gasteiger partial charge in [-0.1, -0.05) is 23.7 Å². The zero-order chi connectivity index (χ0) is 19.0. The molecule has 7 heteroatoms. The van der Waals surface area contributed by atoms with Crippen LogP contribution in [-0.4, -0.2) is 39.5 Å². The highest BCUT2D eigenvalue weighted by atomic mass is 35.5. The van der Waals surface area contributed by atoms with Crippen molar-refractivity contribution in [2.24, 2.45) is 0 Å². The molecule has 1 saturated heterocycles. The van der Waals surface area contributed by atoms with E-state index >= 15 is 0 Å². The fourth-order valence-electron chi connectivity index (χ4n) is 3.83. The minimum absolute atomic E-state index is 0.0178. The molecule has 2 N–H and O–H groups in total. The maximum Gasteiger partial charge on any atom is 0.217 e. The number of hydrogen-bond acceptors (Lipinski definition) is 4. The number of anilines is 1. The monoisotopic (exact) mass is 383 g/mol. The Morgan fingerprint density at radius 3 is 2.78 bits per heavy atom. The molecule has 0 saturated carbocycles. The van der Waals surface area contributed by atoms with Crippen molar-refractivity contribution in [2.45, 2.75) is 32.2 Å². The summed E-state index contributed by atoms with van der Waals surface area (Å²) in [6.45, 7) is 5.32. The zero-order valence-corrected chi connectivity index (χ0v) is 16.2. The average Bonchev–Trinajstić information content (AvgIpc) is 3.06. The highest BCUT2D eigenvalue weighted by Crippen LogP contribution is 2.36. The van der Waals surface area contributed by atoms with Gasteiger partial charge >= 0.3 is 0 Å². The lowest BCUT2D eigenvalue weighted by atomic mass is 9.89. The largest absolute Gasteiger partial charge is 0.356 e. The van der Waals surface area contributed by atoms with E-state index in [1.165, 1.54) is 0 Å². The number of carbonyl (C=O) groups is 1. The van der Waals surface area contributed by atoms with Crippen LogP contribution in [0.25, 0.3) is 22.2 Å². The molecule has 1 aromatic carbocycles. The van der Waals surface area contributed by atoms with Gasteiger partial charge in [-0.2, -0.15) is 0 Å². The molecular weight excluding hydrogens is 362 g/mol. The average molecular weight is 384 g/mol. The lowest BCUT2D eigenvalue weighted by Gasteiger charge is -2.40. The minimum Gasteiger partial charge on any atom is -0.356 e. The van der Waals surface area contributed by atoms with Crippen molar-refractivity contribution in [1.82, 2.24) is 20.3 Å². The number of H-pyrrole nitrogens is 1. The van der Waals surface area contributed by atoms with Crippen molar-refractivity contribution in [2.75, 3.05) is 18.0 Å². The Hall–Kier alpha value is -2.60. The van der Waals surface area contributed by atoms with Crippen LogP contribution in [0.2, 0.25) is 5.02 Å². The van der Waals surface area contributed by atoms with Gasteiger partial charge in [-0.3, -0.25) is 4.79 Å². The van der Waals surface area contributed by atoms with Gasteiger partial charge in [0.1, 0.15) is 17.8 Å². The molecule has 140 valence electrons. The van der Waals surface area contributed by atoms with E-state index in [4.69, 9.17) is 11.6 Å². The number of rotatable bonds is 3. The number of aromatic nitrogens is 3. The summed E-state index contributed by atoms with van der Waals surface area (Å²) in [5.74, 6) is 0.936. The van der Waals surface area contributed by atoms with Crippen molar-refractivity contribution in [1.29, 1.82) is 0 Å². The first-order valence-corrected chi connectivity index (χ1v) is 9.45. The molecule has 3 heterocycles. The predicted molar refractivity (Wildman–Crippen MR) is 108 cm³/mol. The summed E-state index contributed by atoms with van der Waals surface area (Å²) >= 11 is 6.19. The van der Waals surface area contributed by atoms with Gasteiger partial charge in [0.2, 0.25) is 5.91 Å². The topological polar surface area (TPSA) is 73.9 Å². The Morgan fingerprint density at radius 2 is 2.07 bits per heavy atom. The number of aromatic amines is 1. The standard InChI is InChI=1S/C20H22ClN5O/c1-13(27)25-20(2)6-8-26(9-7-20)19-17-16(11-22-18(17)23-12-24-19)14-4-3-5-15(21)10-14/h3-5,10-12H,6-9H2,1-2H3,(H,25,27)(H,22,23,24). The number of halogens is 1. The first-order valence-electron chi connectivity index (χ1n) is 9.07. The molecule has 2 aromatic heterocycles. The van der Waals surface area contributed by atoms with Crippen LogP contribution in [-0.2, 0) is 4.79 Å². The lowest BCUT2D eigenvalue weighted by Crippen LogP contribution is -2.53. The van der Waals surface area contributed by atoms with Crippen molar-refractivity contribution in [3.63, 3.8) is 0 Å². The van der Waals surface area contributed by atoms with Gasteiger partial charge in [-0.15, -0.1) is 0 Å². The Kier molecular flexibility index (Phi) is 4.52. The summed E-state index contributed by atoms with van der Waals surface area (Å²) in [5.41, 5.74) is 2.72. The summed E-state index contributed by atoms with van der Waals surface area (Å²) in [4.78, 5) is 26.0. The van der Waals surface area contributed by atoms with E-state index < -0.39 is 0 Å². The van der Waals surface area contributed by atoms with Crippen molar-refractivity contribution in [3.05, 3.63) is 41.8 Å². The number of nitrogens with one attached hydrogen (secondary N) is 2. The molecular formula is C20H22ClN5O. The quantitative estimate of drug-likeness (QED) is 0.722. The highest BCUT2D eigenvalue weighted by molar-refractivity contribution is 6.31. The van der Waals surface area contributed by atoms with E-state index in [1.807, 2.05) is 30.5 Å². The van der Waals surface area contributed by atoms with Crippen LogP contribution in [0.1, 0.15) is 26.7 Å². The van der Waals surface area contributed by atoms with Crippen LogP contribution in [0.5, 0.6) is 0 Å². The first kappa shape index (κ1) is 17.8. The molecule has 0 radical (unpaired) electrons. The molecule has 1 aliphatic rings. The molecule has 0 atom stereocenters. The Bertz CT molecular complexity index is 991. The number of nitrogens with zero attached hydrogens (tertiary/aromatic N) is 3. The number of hydrogen-bond donors (Lipinski definition) is 2. The van der Waals surface area contributed by atoms with Gasteiger partial charge in [0.05, 0.1) is 5.39 Å². The smallest absolute Gasteiger partial charge is 0.217 e. The third-order valence-corrected chi connectivity index (χ3v) is 5.46. The summed E-state index contributed by atoms with van der Waals surface area (Å²) < 4.78 is 0. The van der Waals surface area contributed by atoms with E-state index in [0.717, 1.165) is 53.9 Å². The molecule has 0 aliphatic carbocycles. The Morgan fingerprint density at radius 1 is 1.30 bits per heavy atom. The Balaban J connectivity index is 1.69. The van der Waals surface area contributed by atoms with Crippen LogP contribution in [0.4, 0.5) is 5.82 Å². The summed E-state index contributed by atoms with van der Waals surface area (Å²) in [7, 11) is 0. The second kappa shape index (κ2) is 6.85. The number of amides is 1. The third kappa shape index (κ3) is 3.49. The second-order valence-corrected chi connectivity index (χ2v) is 7.80. The normalized spacial score (nSPS) is 16.5. The molecule has 0 unspecified atom stereocenters. The van der Waals surface area contributed by atoms with Crippen molar-refractivity contribution >= 4 is 34.4 Å². The molecule has 3 aromatic rings. The summed E-state index contributed by atoms with van der Waals surface area (Å²) in [6.07, 6.45) is 5.29. The van der Waals surface area contributed by atoms with E-state index in [-0.39, 0.29) is 11.4 Å². The van der Waals surface area contributed by atoms with Crippen LogP contribution < -0.4 is 10.2 Å². The Labute approximate surface area is 163 Å². The SMILES string of the molecule is CC(=O)NC1(C)CCN(c2ncnc3[nH]cc(-c4cccc(Cl)c4)c23)CC1. The van der Waals surface area contributed by atoms with Gasteiger partial charge in [-0.05, 0) is 37.5 Å². The third-order valence-electron chi connectivity index (χ3n) is 5.23. The molecule has 1 fully saturated rings. The fraction of sp³-hybridized carbons (Fsp3) is 0.350. The van der Waals surface area contributed by atoms with Gasteiger partial charge in [-0.25, -0.2) is 9.97 Å². The molecule has 27 heavy (non-hydrogen) atoms. The van der Waals surface area contributed by atoms with Crippen LogP contribution in [0.15, 0.2) is 36.8 Å². The molecule has 4 rings (SSSR count).